The molecular formula is C16H10Cl2N2O. The zero-order valence-electron chi connectivity index (χ0n) is 10.8. The molecule has 2 aromatic carbocycles. The first kappa shape index (κ1) is 15.1. The molecule has 0 fully saturated rings. The Balaban J connectivity index is 2.01. The molecule has 0 aromatic heterocycles. The quantitative estimate of drug-likeness (QED) is 0.846. The molecule has 1 N–H and O–H groups in total. The monoisotopic (exact) mass is 316 g/mol. The summed E-state index contributed by atoms with van der Waals surface area (Å²) in [5, 5.41) is 12.2. The van der Waals surface area contributed by atoms with Gasteiger partial charge in [-0.05, 0) is 42.0 Å². The van der Waals surface area contributed by atoms with Crippen molar-refractivity contribution in [2.45, 2.75) is 0 Å². The number of hydrogen-bond acceptors (Lipinski definition) is 2. The van der Waals surface area contributed by atoms with Gasteiger partial charge in [-0.2, -0.15) is 5.26 Å². The topological polar surface area (TPSA) is 52.9 Å². The van der Waals surface area contributed by atoms with Gasteiger partial charge in [0.05, 0.1) is 21.7 Å². The third kappa shape index (κ3) is 4.35. The van der Waals surface area contributed by atoms with Crippen molar-refractivity contribution in [2.24, 2.45) is 0 Å². The number of nitrogens with zero attached hydrogens (tertiary/aromatic N) is 1. The van der Waals surface area contributed by atoms with Gasteiger partial charge < -0.3 is 5.32 Å². The van der Waals surface area contributed by atoms with Crippen molar-refractivity contribution in [3.8, 4) is 6.07 Å². The number of carbonyl (C=O) groups excluding carboxylic acids is 1. The van der Waals surface area contributed by atoms with Gasteiger partial charge in [-0.15, -0.1) is 0 Å². The third-order valence-electron chi connectivity index (χ3n) is 2.65. The molecule has 0 spiro atoms. The first-order valence-electron chi connectivity index (χ1n) is 6.03. The molecular weight excluding hydrogens is 307 g/mol. The van der Waals surface area contributed by atoms with E-state index in [1.807, 2.05) is 6.07 Å². The maximum absolute atomic E-state index is 11.8. The van der Waals surface area contributed by atoms with Crippen LogP contribution in [0.2, 0.25) is 10.0 Å². The number of nitrogens with one attached hydrogen (secondary N) is 1. The van der Waals surface area contributed by atoms with Crippen LogP contribution in [0.1, 0.15) is 11.1 Å². The molecule has 104 valence electrons. The van der Waals surface area contributed by atoms with Crippen molar-refractivity contribution in [3.05, 3.63) is 69.7 Å². The second-order valence-electron chi connectivity index (χ2n) is 4.19. The lowest BCUT2D eigenvalue weighted by molar-refractivity contribution is -0.111. The van der Waals surface area contributed by atoms with Crippen LogP contribution in [0.15, 0.2) is 48.5 Å². The van der Waals surface area contributed by atoms with E-state index in [9.17, 15) is 4.79 Å². The van der Waals surface area contributed by atoms with Crippen molar-refractivity contribution in [3.63, 3.8) is 0 Å². The van der Waals surface area contributed by atoms with E-state index < -0.39 is 0 Å². The molecule has 5 heteroatoms. The number of hydrogen-bond donors (Lipinski definition) is 1. The lowest BCUT2D eigenvalue weighted by atomic mass is 10.1. The Morgan fingerprint density at radius 2 is 1.81 bits per heavy atom. The predicted molar refractivity (Wildman–Crippen MR) is 85.3 cm³/mol. The summed E-state index contributed by atoms with van der Waals surface area (Å²) in [7, 11) is 0. The summed E-state index contributed by atoms with van der Waals surface area (Å²) < 4.78 is 0. The van der Waals surface area contributed by atoms with Crippen LogP contribution in [-0.4, -0.2) is 5.91 Å². The molecule has 0 bridgehead atoms. The Bertz CT molecular complexity index is 731. The van der Waals surface area contributed by atoms with Crippen LogP contribution < -0.4 is 5.32 Å². The fourth-order valence-corrected chi connectivity index (χ4v) is 1.90. The van der Waals surface area contributed by atoms with Gasteiger partial charge >= 0.3 is 0 Å². The number of halogens is 2. The SMILES string of the molecule is N#Cc1ccc(/C=C/C(=O)Nc2ccc(Cl)c(Cl)c2)cc1. The van der Waals surface area contributed by atoms with E-state index in [1.165, 1.54) is 6.08 Å². The molecule has 0 saturated carbocycles. The van der Waals surface area contributed by atoms with Crippen LogP contribution >= 0.6 is 23.2 Å². The van der Waals surface area contributed by atoms with Crippen molar-refractivity contribution in [2.75, 3.05) is 5.32 Å². The van der Waals surface area contributed by atoms with E-state index in [1.54, 1.807) is 48.5 Å². The summed E-state index contributed by atoms with van der Waals surface area (Å²) in [4.78, 5) is 11.8. The number of amides is 1. The maximum Gasteiger partial charge on any atom is 0.248 e. The van der Waals surface area contributed by atoms with Gasteiger partial charge in [-0.1, -0.05) is 35.3 Å². The van der Waals surface area contributed by atoms with Gasteiger partial charge in [-0.25, -0.2) is 0 Å². The number of nitriles is 1. The highest BCUT2D eigenvalue weighted by atomic mass is 35.5. The summed E-state index contributed by atoms with van der Waals surface area (Å²) in [6.45, 7) is 0. The lowest BCUT2D eigenvalue weighted by Gasteiger charge is -2.03. The summed E-state index contributed by atoms with van der Waals surface area (Å²) in [6.07, 6.45) is 3.07. The summed E-state index contributed by atoms with van der Waals surface area (Å²) >= 11 is 11.7. The molecule has 0 unspecified atom stereocenters. The van der Waals surface area contributed by atoms with Crippen molar-refractivity contribution < 1.29 is 4.79 Å². The fourth-order valence-electron chi connectivity index (χ4n) is 1.60. The second kappa shape index (κ2) is 6.94. The molecule has 0 saturated heterocycles. The zero-order chi connectivity index (χ0) is 15.2. The molecule has 0 aliphatic heterocycles. The molecule has 21 heavy (non-hydrogen) atoms. The minimum atomic E-state index is -0.280. The van der Waals surface area contributed by atoms with Gasteiger partial charge in [0.1, 0.15) is 0 Å². The van der Waals surface area contributed by atoms with E-state index in [2.05, 4.69) is 5.32 Å². The Kier molecular flexibility index (Phi) is 4.99. The lowest BCUT2D eigenvalue weighted by Crippen LogP contribution is -2.07. The van der Waals surface area contributed by atoms with Crippen LogP contribution in [0.25, 0.3) is 6.08 Å². The van der Waals surface area contributed by atoms with Gasteiger partial charge in [0.2, 0.25) is 5.91 Å². The Morgan fingerprint density at radius 1 is 1.10 bits per heavy atom. The minimum Gasteiger partial charge on any atom is -0.322 e. The molecule has 2 aromatic rings. The average molecular weight is 317 g/mol. The Morgan fingerprint density at radius 3 is 2.43 bits per heavy atom. The molecule has 0 atom stereocenters. The first-order valence-corrected chi connectivity index (χ1v) is 6.78. The average Bonchev–Trinajstić information content (AvgIpc) is 2.49. The smallest absolute Gasteiger partial charge is 0.248 e. The number of carbonyl (C=O) groups is 1. The first-order chi connectivity index (χ1) is 10.1. The Hall–Kier alpha value is -2.28. The zero-order valence-corrected chi connectivity index (χ0v) is 12.3. The normalized spacial score (nSPS) is 10.3. The van der Waals surface area contributed by atoms with Crippen LogP contribution in [0.3, 0.4) is 0 Å². The van der Waals surface area contributed by atoms with Crippen LogP contribution in [0.4, 0.5) is 5.69 Å². The summed E-state index contributed by atoms with van der Waals surface area (Å²) in [6, 6.07) is 13.8. The second-order valence-corrected chi connectivity index (χ2v) is 5.00. The number of anilines is 1. The molecule has 1 amide bonds. The van der Waals surface area contributed by atoms with Gasteiger partial charge in [0.15, 0.2) is 0 Å². The molecule has 0 heterocycles. The van der Waals surface area contributed by atoms with E-state index in [0.29, 0.717) is 21.3 Å². The summed E-state index contributed by atoms with van der Waals surface area (Å²) in [5.41, 5.74) is 1.98. The highest BCUT2D eigenvalue weighted by Crippen LogP contribution is 2.24. The minimum absolute atomic E-state index is 0.280. The van der Waals surface area contributed by atoms with Gasteiger partial charge in [-0.3, -0.25) is 4.79 Å². The number of rotatable bonds is 3. The number of benzene rings is 2. The highest BCUT2D eigenvalue weighted by Gasteiger charge is 2.01. The molecule has 0 radical (unpaired) electrons. The van der Waals surface area contributed by atoms with E-state index >= 15 is 0 Å². The van der Waals surface area contributed by atoms with E-state index in [-0.39, 0.29) is 5.91 Å². The highest BCUT2D eigenvalue weighted by molar-refractivity contribution is 6.42. The molecule has 3 nitrogen and oxygen atoms in total. The molecule has 2 rings (SSSR count). The van der Waals surface area contributed by atoms with Gasteiger partial charge in [0.25, 0.3) is 0 Å². The Labute approximate surface area is 132 Å². The molecule has 0 aliphatic carbocycles. The van der Waals surface area contributed by atoms with E-state index in [4.69, 9.17) is 28.5 Å². The molecule has 0 aliphatic rings. The maximum atomic E-state index is 11.8. The van der Waals surface area contributed by atoms with Crippen LogP contribution in [-0.2, 0) is 4.79 Å². The predicted octanol–water partition coefficient (Wildman–Crippen LogP) is 4.52. The van der Waals surface area contributed by atoms with Gasteiger partial charge in [0, 0.05) is 11.8 Å². The standard InChI is InChI=1S/C16H10Cl2N2O/c17-14-7-6-13(9-15(14)18)20-16(21)8-5-11-1-3-12(10-19)4-2-11/h1-9H,(H,20,21)/b8-5+. The van der Waals surface area contributed by atoms with Crippen molar-refractivity contribution >= 4 is 40.9 Å². The van der Waals surface area contributed by atoms with Crippen LogP contribution in [0.5, 0.6) is 0 Å². The third-order valence-corrected chi connectivity index (χ3v) is 3.39. The van der Waals surface area contributed by atoms with Crippen molar-refractivity contribution in [1.82, 2.24) is 0 Å². The largest absolute Gasteiger partial charge is 0.322 e. The summed E-state index contributed by atoms with van der Waals surface area (Å²) in [5.74, 6) is -0.280. The van der Waals surface area contributed by atoms with E-state index in [0.717, 1.165) is 5.56 Å². The van der Waals surface area contributed by atoms with Crippen LogP contribution in [0, 0.1) is 11.3 Å². The fraction of sp³-hybridized carbons (Fsp3) is 0. The van der Waals surface area contributed by atoms with Crippen molar-refractivity contribution in [1.29, 1.82) is 5.26 Å².